The number of nitrogens with zero attached hydrogens (tertiary/aromatic N) is 3. The maximum absolute atomic E-state index is 12.3. The number of sulfonamides is 1. The Labute approximate surface area is 120 Å². The van der Waals surface area contributed by atoms with Gasteiger partial charge in [0.05, 0.1) is 24.2 Å². The number of aromatic amines is 1. The van der Waals surface area contributed by atoms with Crippen molar-refractivity contribution in [2.24, 2.45) is 0 Å². The van der Waals surface area contributed by atoms with Crippen LogP contribution in [-0.4, -0.2) is 46.3 Å². The molecular formula is C11H11ClN4O3S. The van der Waals surface area contributed by atoms with Crippen LogP contribution in [0.4, 0.5) is 0 Å². The summed E-state index contributed by atoms with van der Waals surface area (Å²) in [4.78, 5) is 0.104. The third kappa shape index (κ3) is 2.10. The second-order valence-electron chi connectivity index (χ2n) is 4.62. The summed E-state index contributed by atoms with van der Waals surface area (Å²) in [7, 11) is -3.66. The molecule has 0 amide bonds. The lowest BCUT2D eigenvalue weighted by Crippen LogP contribution is -2.61. The minimum Gasteiger partial charge on any atom is -0.381 e. The van der Waals surface area contributed by atoms with Crippen LogP contribution in [0, 0.1) is 0 Å². The summed E-state index contributed by atoms with van der Waals surface area (Å²) in [5.41, 5.74) is -0.964. The molecule has 1 fully saturated rings. The Balaban J connectivity index is 1.83. The van der Waals surface area contributed by atoms with Gasteiger partial charge in [0, 0.05) is 5.02 Å². The average molecular weight is 315 g/mol. The number of nitrogens with one attached hydrogen (secondary N) is 1. The van der Waals surface area contributed by atoms with Crippen molar-refractivity contribution in [3.8, 4) is 0 Å². The van der Waals surface area contributed by atoms with Gasteiger partial charge in [-0.05, 0) is 18.2 Å². The number of hydrogen-bond donors (Lipinski definition) is 2. The van der Waals surface area contributed by atoms with Crippen LogP contribution in [-0.2, 0) is 15.6 Å². The topological polar surface area (TPSA) is 99.2 Å². The minimum atomic E-state index is -3.66. The maximum atomic E-state index is 12.3. The molecule has 0 bridgehead atoms. The lowest BCUT2D eigenvalue weighted by atomic mass is 9.94. The van der Waals surface area contributed by atoms with E-state index in [9.17, 15) is 13.5 Å². The van der Waals surface area contributed by atoms with Crippen molar-refractivity contribution < 1.29 is 13.5 Å². The molecule has 0 unspecified atom stereocenters. The molecule has 0 radical (unpaired) electrons. The SMILES string of the molecule is O=S(=O)(c1cccc(Cl)c1)N1CC(O)(c2cn[nH]n2)C1. The van der Waals surface area contributed by atoms with Crippen LogP contribution >= 0.6 is 11.6 Å². The Morgan fingerprint density at radius 2 is 2.15 bits per heavy atom. The molecule has 1 saturated heterocycles. The molecule has 7 nitrogen and oxygen atoms in total. The molecule has 1 aliphatic rings. The molecule has 0 atom stereocenters. The van der Waals surface area contributed by atoms with E-state index >= 15 is 0 Å². The predicted molar refractivity (Wildman–Crippen MR) is 70.5 cm³/mol. The molecule has 2 N–H and O–H groups in total. The standard InChI is InChI=1S/C11H11ClN4O3S/c12-8-2-1-3-9(4-8)20(18,19)16-6-11(17,7-16)10-5-13-15-14-10/h1-5,17H,6-7H2,(H,13,14,15). The first-order valence-corrected chi connectivity index (χ1v) is 7.58. The van der Waals surface area contributed by atoms with E-state index in [-0.39, 0.29) is 18.0 Å². The summed E-state index contributed by atoms with van der Waals surface area (Å²) in [6, 6.07) is 6.01. The van der Waals surface area contributed by atoms with Crippen LogP contribution in [0.5, 0.6) is 0 Å². The van der Waals surface area contributed by atoms with Gasteiger partial charge in [-0.3, -0.25) is 0 Å². The van der Waals surface area contributed by atoms with Crippen molar-refractivity contribution in [2.45, 2.75) is 10.5 Å². The molecule has 20 heavy (non-hydrogen) atoms. The third-order valence-electron chi connectivity index (χ3n) is 3.20. The van der Waals surface area contributed by atoms with Gasteiger partial charge >= 0.3 is 0 Å². The van der Waals surface area contributed by atoms with Crippen LogP contribution in [0.15, 0.2) is 35.4 Å². The second-order valence-corrected chi connectivity index (χ2v) is 6.99. The molecular weight excluding hydrogens is 304 g/mol. The summed E-state index contributed by atoms with van der Waals surface area (Å²) < 4.78 is 25.8. The van der Waals surface area contributed by atoms with Gasteiger partial charge in [0.15, 0.2) is 0 Å². The minimum absolute atomic E-state index is 0.0611. The Kier molecular flexibility index (Phi) is 3.05. The smallest absolute Gasteiger partial charge is 0.243 e. The first-order chi connectivity index (χ1) is 9.42. The van der Waals surface area contributed by atoms with Crippen LogP contribution in [0.1, 0.15) is 5.69 Å². The molecule has 2 aromatic rings. The van der Waals surface area contributed by atoms with E-state index in [1.54, 1.807) is 12.1 Å². The summed E-state index contributed by atoms with van der Waals surface area (Å²) in [6.07, 6.45) is 1.38. The molecule has 1 aromatic carbocycles. The summed E-state index contributed by atoms with van der Waals surface area (Å²) in [6.45, 7) is -0.122. The zero-order chi connectivity index (χ0) is 14.4. The van der Waals surface area contributed by atoms with Gasteiger partial charge in [-0.2, -0.15) is 19.7 Å². The first kappa shape index (κ1) is 13.5. The van der Waals surface area contributed by atoms with Crippen molar-refractivity contribution in [3.63, 3.8) is 0 Å². The third-order valence-corrected chi connectivity index (χ3v) is 5.22. The molecule has 2 heterocycles. The highest BCUT2D eigenvalue weighted by atomic mass is 35.5. The van der Waals surface area contributed by atoms with Gasteiger partial charge in [0.2, 0.25) is 10.0 Å². The average Bonchev–Trinajstić information content (AvgIpc) is 2.89. The number of hydrogen-bond acceptors (Lipinski definition) is 5. The number of aliphatic hydroxyl groups is 1. The molecule has 1 aliphatic heterocycles. The lowest BCUT2D eigenvalue weighted by molar-refractivity contribution is -0.0682. The van der Waals surface area contributed by atoms with Crippen molar-refractivity contribution in [1.29, 1.82) is 0 Å². The molecule has 0 spiro atoms. The molecule has 3 rings (SSSR count). The fourth-order valence-electron chi connectivity index (χ4n) is 2.07. The maximum Gasteiger partial charge on any atom is 0.243 e. The van der Waals surface area contributed by atoms with E-state index in [0.29, 0.717) is 10.7 Å². The number of β-amino-alcohol motifs (C(OH)–C–C–N with tert-alkyl or cyclic N) is 1. The zero-order valence-electron chi connectivity index (χ0n) is 10.2. The largest absolute Gasteiger partial charge is 0.381 e. The lowest BCUT2D eigenvalue weighted by Gasteiger charge is -2.43. The van der Waals surface area contributed by atoms with Crippen molar-refractivity contribution in [3.05, 3.63) is 41.2 Å². The highest BCUT2D eigenvalue weighted by molar-refractivity contribution is 7.89. The normalized spacial score (nSPS) is 18.7. The van der Waals surface area contributed by atoms with Crippen LogP contribution in [0.25, 0.3) is 0 Å². The highest BCUT2D eigenvalue weighted by Crippen LogP contribution is 2.34. The summed E-state index contributed by atoms with van der Waals surface area (Å²) in [5, 5.41) is 20.4. The van der Waals surface area contributed by atoms with E-state index in [0.717, 1.165) is 0 Å². The van der Waals surface area contributed by atoms with Gasteiger partial charge in [-0.15, -0.1) is 0 Å². The van der Waals surface area contributed by atoms with Crippen molar-refractivity contribution in [2.75, 3.05) is 13.1 Å². The van der Waals surface area contributed by atoms with E-state index < -0.39 is 15.6 Å². The Morgan fingerprint density at radius 3 is 2.75 bits per heavy atom. The van der Waals surface area contributed by atoms with Crippen LogP contribution in [0.3, 0.4) is 0 Å². The van der Waals surface area contributed by atoms with Crippen molar-refractivity contribution in [1.82, 2.24) is 19.7 Å². The van der Waals surface area contributed by atoms with Gasteiger partial charge in [-0.25, -0.2) is 8.42 Å². The van der Waals surface area contributed by atoms with Gasteiger partial charge in [0.1, 0.15) is 11.3 Å². The monoisotopic (exact) mass is 314 g/mol. The number of halogens is 1. The summed E-state index contributed by atoms with van der Waals surface area (Å²) >= 11 is 5.80. The number of benzene rings is 1. The number of aromatic nitrogens is 3. The van der Waals surface area contributed by atoms with E-state index in [4.69, 9.17) is 11.6 Å². The molecule has 0 aliphatic carbocycles. The first-order valence-electron chi connectivity index (χ1n) is 5.76. The number of rotatable bonds is 3. The van der Waals surface area contributed by atoms with E-state index in [2.05, 4.69) is 15.4 Å². The van der Waals surface area contributed by atoms with Crippen molar-refractivity contribution >= 4 is 21.6 Å². The quantitative estimate of drug-likeness (QED) is 0.851. The highest BCUT2D eigenvalue weighted by Gasteiger charge is 2.50. The van der Waals surface area contributed by atoms with Gasteiger partial charge in [-0.1, -0.05) is 17.7 Å². The molecule has 9 heteroatoms. The predicted octanol–water partition coefficient (Wildman–Crippen LogP) is 0.350. The van der Waals surface area contributed by atoms with Gasteiger partial charge < -0.3 is 5.11 Å². The number of H-pyrrole nitrogens is 1. The fraction of sp³-hybridized carbons (Fsp3) is 0.273. The van der Waals surface area contributed by atoms with Gasteiger partial charge in [0.25, 0.3) is 0 Å². The Morgan fingerprint density at radius 1 is 1.40 bits per heavy atom. The Bertz CT molecular complexity index is 726. The van der Waals surface area contributed by atoms with Crippen LogP contribution in [0.2, 0.25) is 5.02 Å². The van der Waals surface area contributed by atoms with Crippen LogP contribution < -0.4 is 0 Å². The molecule has 106 valence electrons. The molecule has 1 aromatic heterocycles. The van der Waals surface area contributed by atoms with E-state index in [1.807, 2.05) is 0 Å². The fourth-order valence-corrected chi connectivity index (χ4v) is 3.92. The van der Waals surface area contributed by atoms with E-state index in [1.165, 1.54) is 22.6 Å². The summed E-state index contributed by atoms with van der Waals surface area (Å²) in [5.74, 6) is 0. The molecule has 0 saturated carbocycles. The second kappa shape index (κ2) is 4.52. The zero-order valence-corrected chi connectivity index (χ0v) is 11.8. The Hall–Kier alpha value is -1.48.